The van der Waals surface area contributed by atoms with E-state index in [0.29, 0.717) is 40.8 Å². The summed E-state index contributed by atoms with van der Waals surface area (Å²) in [6.45, 7) is 2.12. The van der Waals surface area contributed by atoms with E-state index in [4.69, 9.17) is 9.10 Å². The van der Waals surface area contributed by atoms with E-state index in [9.17, 15) is 27.5 Å². The molecule has 3 aromatic heterocycles. The lowest BCUT2D eigenvalue weighted by molar-refractivity contribution is -0.384. The first-order valence-electron chi connectivity index (χ1n) is 25.2. The smallest absolute Gasteiger partial charge is 0.312 e. The second kappa shape index (κ2) is 18.6. The highest BCUT2D eigenvalue weighted by atomic mass is 32.2. The standard InChI is InChI=1S/C52H62N8O7S2/c61-51(58-69(65,66)41-28-47(60(62)63)50(56-33-41)54-31-34-10-14-38(15-11-34)57-68(64)24-3-4-25-68)46-17-16-39(27-48(46)67-40-26-36-18-21-53-49(36)55-32-40)59-22-19-52(20-23-59)29-37(30-52)43-8-5-9-45(43)44-7-2-1-6-42(44)35-12-13-35/h1-2,6-7,16-18,21,26-28,32-35,37-38,43,45H,3-5,8-15,19-20,22-25,29-31H2,(H,53,55)(H,54,56)(H,58,61)/t34?,38?,43?,45-/m1/s1. The van der Waals surface area contributed by atoms with Gasteiger partial charge in [-0.15, -0.1) is 0 Å². The number of nitrogens with zero attached hydrogens (tertiary/aromatic N) is 5. The maximum absolute atomic E-state index is 14.0. The van der Waals surface area contributed by atoms with Crippen molar-refractivity contribution in [3.8, 4) is 11.5 Å². The van der Waals surface area contributed by atoms with Crippen LogP contribution in [0.5, 0.6) is 11.5 Å². The number of aromatic nitrogens is 3. The van der Waals surface area contributed by atoms with Crippen LogP contribution in [-0.4, -0.2) is 75.6 Å². The summed E-state index contributed by atoms with van der Waals surface area (Å²) in [7, 11) is -6.72. The molecule has 2 aromatic carbocycles. The van der Waals surface area contributed by atoms with Gasteiger partial charge in [-0.1, -0.05) is 30.7 Å². The molecule has 11 rings (SSSR count). The Bertz CT molecular complexity index is 2980. The molecular weight excluding hydrogens is 913 g/mol. The van der Waals surface area contributed by atoms with Gasteiger partial charge in [0.25, 0.3) is 15.9 Å². The van der Waals surface area contributed by atoms with E-state index in [1.807, 2.05) is 12.1 Å². The summed E-state index contributed by atoms with van der Waals surface area (Å²) in [5.41, 5.74) is 4.58. The monoisotopic (exact) mass is 974 g/mol. The first kappa shape index (κ1) is 45.9. The molecule has 5 aromatic rings. The quantitative estimate of drug-likeness (QED) is 0.0706. The second-order valence-corrected chi connectivity index (χ2v) is 25.2. The van der Waals surface area contributed by atoms with E-state index < -0.39 is 41.2 Å². The van der Waals surface area contributed by atoms with E-state index in [-0.39, 0.29) is 29.1 Å². The van der Waals surface area contributed by atoms with Crippen LogP contribution in [0.25, 0.3) is 11.0 Å². The van der Waals surface area contributed by atoms with E-state index in [1.165, 1.54) is 44.9 Å². The molecule has 6 aliphatic rings. The first-order valence-corrected chi connectivity index (χ1v) is 28.5. The van der Waals surface area contributed by atoms with Crippen LogP contribution >= 0.6 is 0 Å². The Labute approximate surface area is 404 Å². The van der Waals surface area contributed by atoms with Crippen molar-refractivity contribution in [1.29, 1.82) is 0 Å². The van der Waals surface area contributed by atoms with Crippen LogP contribution in [-0.2, 0) is 19.8 Å². The third-order valence-corrected chi connectivity index (χ3v) is 20.3. The number of rotatable bonds is 14. The number of aromatic amines is 1. The highest BCUT2D eigenvalue weighted by Crippen LogP contribution is 2.61. The van der Waals surface area contributed by atoms with Crippen LogP contribution in [0.3, 0.4) is 0 Å². The van der Waals surface area contributed by atoms with Crippen molar-refractivity contribution in [2.24, 2.45) is 27.5 Å². The van der Waals surface area contributed by atoms with Crippen molar-refractivity contribution in [1.82, 2.24) is 19.7 Å². The molecule has 2 saturated heterocycles. The van der Waals surface area contributed by atoms with Crippen molar-refractivity contribution >= 4 is 53.9 Å². The van der Waals surface area contributed by atoms with E-state index >= 15 is 0 Å². The number of hydrogen-bond donors (Lipinski definition) is 3. The van der Waals surface area contributed by atoms with Gasteiger partial charge in [-0.2, -0.15) is 0 Å². The Kier molecular flexibility index (Phi) is 12.4. The fourth-order valence-corrected chi connectivity index (χ4v) is 16.0. The van der Waals surface area contributed by atoms with Gasteiger partial charge in [0, 0.05) is 70.3 Å². The van der Waals surface area contributed by atoms with Gasteiger partial charge in [-0.05, 0) is 160 Å². The lowest BCUT2D eigenvalue weighted by Crippen LogP contribution is -2.49. The molecule has 1 spiro atoms. The van der Waals surface area contributed by atoms with Gasteiger partial charge < -0.3 is 19.9 Å². The number of ether oxygens (including phenoxy) is 1. The molecule has 2 aliphatic heterocycles. The zero-order chi connectivity index (χ0) is 47.3. The molecule has 69 heavy (non-hydrogen) atoms. The molecule has 1 unspecified atom stereocenters. The number of pyridine rings is 2. The number of benzene rings is 2. The third kappa shape index (κ3) is 9.69. The number of piperidine rings is 1. The molecule has 0 bridgehead atoms. The normalized spacial score (nSPS) is 24.5. The Hall–Kier alpha value is -5.55. The second-order valence-electron chi connectivity index (χ2n) is 20.9. The number of fused-ring (bicyclic) bond motifs is 1. The first-order chi connectivity index (χ1) is 33.4. The fourth-order valence-electron chi connectivity index (χ4n) is 12.6. The molecule has 1 amide bonds. The highest BCUT2D eigenvalue weighted by Gasteiger charge is 2.51. The number of hydrogen-bond acceptors (Lipinski definition) is 12. The third-order valence-electron chi connectivity index (χ3n) is 16.4. The minimum absolute atomic E-state index is 0.0282. The van der Waals surface area contributed by atoms with Gasteiger partial charge >= 0.3 is 5.69 Å². The molecule has 4 aliphatic carbocycles. The number of carbonyl (C=O) groups excluding carboxylic acids is 1. The number of anilines is 2. The van der Waals surface area contributed by atoms with Crippen molar-refractivity contribution in [3.63, 3.8) is 0 Å². The minimum Gasteiger partial charge on any atom is -0.455 e. The summed E-state index contributed by atoms with van der Waals surface area (Å²) < 4.78 is 53.8. The molecule has 15 nitrogen and oxygen atoms in total. The Morgan fingerprint density at radius 1 is 0.913 bits per heavy atom. The Morgan fingerprint density at radius 3 is 2.43 bits per heavy atom. The van der Waals surface area contributed by atoms with Crippen LogP contribution in [0.1, 0.15) is 130 Å². The maximum atomic E-state index is 14.0. The number of nitrogens with one attached hydrogen (secondary N) is 3. The number of sulfonamides is 1. The molecule has 6 fully saturated rings. The average molecular weight is 975 g/mol. The lowest BCUT2D eigenvalue weighted by atomic mass is 9.53. The number of H-pyrrole nitrogens is 1. The molecule has 5 heterocycles. The molecular formula is C52H62N8O7S2. The SMILES string of the molecule is O=C(NS(=O)(=O)c1cnc(NCC2CCC(N=S3(=O)CCCC3)CC2)c([N+](=O)[O-])c1)c1ccc(N2CCC3(CC2)CC(C2CCC[C@H]2c2ccccc2C2CC2)C3)cc1Oc1cnc2[nH]ccc2c1. The maximum Gasteiger partial charge on any atom is 0.312 e. The molecule has 0 radical (unpaired) electrons. The zero-order valence-corrected chi connectivity index (χ0v) is 40.7. The fraction of sp³-hybridized carbons (Fsp3) is 0.519. The average Bonchev–Trinajstić information content (AvgIpc) is 3.64. The number of nitro groups is 1. The van der Waals surface area contributed by atoms with Gasteiger partial charge in [0.1, 0.15) is 22.0 Å². The summed E-state index contributed by atoms with van der Waals surface area (Å²) in [5.74, 6) is 4.06. The summed E-state index contributed by atoms with van der Waals surface area (Å²) in [6.07, 6.45) is 20.9. The summed E-state index contributed by atoms with van der Waals surface area (Å²) in [4.78, 5) is 39.1. The molecule has 4 saturated carbocycles. The van der Waals surface area contributed by atoms with Gasteiger partial charge in [0.05, 0.1) is 28.9 Å². The number of amides is 1. The van der Waals surface area contributed by atoms with Crippen molar-refractivity contribution in [3.05, 3.63) is 106 Å². The summed E-state index contributed by atoms with van der Waals surface area (Å²) in [6, 6.07) is 19.1. The summed E-state index contributed by atoms with van der Waals surface area (Å²) >= 11 is 0. The van der Waals surface area contributed by atoms with Crippen molar-refractivity contribution < 1.29 is 27.1 Å². The molecule has 17 heteroatoms. The Morgan fingerprint density at radius 2 is 1.68 bits per heavy atom. The van der Waals surface area contributed by atoms with Gasteiger partial charge in [0.2, 0.25) is 5.82 Å². The largest absolute Gasteiger partial charge is 0.455 e. The van der Waals surface area contributed by atoms with Crippen LogP contribution in [0, 0.1) is 33.3 Å². The minimum atomic E-state index is -4.63. The predicted octanol–water partition coefficient (Wildman–Crippen LogP) is 10.5. The summed E-state index contributed by atoms with van der Waals surface area (Å²) in [5, 5.41) is 16.1. The van der Waals surface area contributed by atoms with Crippen LogP contribution in [0.2, 0.25) is 0 Å². The van der Waals surface area contributed by atoms with Crippen LogP contribution in [0.4, 0.5) is 17.2 Å². The highest BCUT2D eigenvalue weighted by molar-refractivity contribution is 7.93. The van der Waals surface area contributed by atoms with E-state index in [0.717, 1.165) is 106 Å². The van der Waals surface area contributed by atoms with Crippen LogP contribution < -0.4 is 19.7 Å². The molecule has 3 N–H and O–H groups in total. The Balaban J connectivity index is 0.760. The van der Waals surface area contributed by atoms with Crippen molar-refractivity contribution in [2.45, 2.75) is 119 Å². The zero-order valence-electron chi connectivity index (χ0n) is 39.0. The lowest BCUT2D eigenvalue weighted by Gasteiger charge is -2.55. The molecule has 364 valence electrons. The van der Waals surface area contributed by atoms with Crippen LogP contribution in [0.15, 0.2) is 88.5 Å². The van der Waals surface area contributed by atoms with Crippen molar-refractivity contribution in [2.75, 3.05) is 41.4 Å². The predicted molar refractivity (Wildman–Crippen MR) is 267 cm³/mol. The van der Waals surface area contributed by atoms with Gasteiger partial charge in [0.15, 0.2) is 0 Å². The van der Waals surface area contributed by atoms with Gasteiger partial charge in [-0.25, -0.2) is 31.7 Å². The van der Waals surface area contributed by atoms with Gasteiger partial charge in [-0.3, -0.25) is 14.9 Å². The molecule has 2 atom stereocenters. The van der Waals surface area contributed by atoms with E-state index in [2.05, 4.69) is 54.2 Å². The topological polar surface area (TPSA) is 202 Å². The number of carbonyl (C=O) groups is 1. The van der Waals surface area contributed by atoms with E-state index in [1.54, 1.807) is 41.7 Å².